The van der Waals surface area contributed by atoms with E-state index in [0.717, 1.165) is 24.8 Å². The van der Waals surface area contributed by atoms with Crippen molar-refractivity contribution in [3.8, 4) is 0 Å². The van der Waals surface area contributed by atoms with Crippen molar-refractivity contribution in [3.63, 3.8) is 0 Å². The van der Waals surface area contributed by atoms with Crippen molar-refractivity contribution in [1.82, 2.24) is 5.32 Å². The Hall–Kier alpha value is -1.36. The Morgan fingerprint density at radius 3 is 3.06 bits per heavy atom. The summed E-state index contributed by atoms with van der Waals surface area (Å²) in [4.78, 5) is 23.6. The first-order valence-electron chi connectivity index (χ1n) is 6.17. The van der Waals surface area contributed by atoms with Crippen molar-refractivity contribution in [1.29, 1.82) is 0 Å². The first-order chi connectivity index (χ1) is 8.58. The molecule has 1 heterocycles. The second-order valence-corrected chi connectivity index (χ2v) is 5.76. The second-order valence-electron chi connectivity index (χ2n) is 4.80. The molecule has 0 aliphatic heterocycles. The predicted molar refractivity (Wildman–Crippen MR) is 70.1 cm³/mol. The van der Waals surface area contributed by atoms with Crippen molar-refractivity contribution in [2.24, 2.45) is 5.92 Å². The van der Waals surface area contributed by atoms with Crippen molar-refractivity contribution in [2.45, 2.75) is 32.6 Å². The van der Waals surface area contributed by atoms with Crippen LogP contribution in [0, 0.1) is 5.92 Å². The van der Waals surface area contributed by atoms with E-state index in [1.807, 2.05) is 5.38 Å². The van der Waals surface area contributed by atoms with Crippen LogP contribution in [0.3, 0.4) is 0 Å². The summed E-state index contributed by atoms with van der Waals surface area (Å²) < 4.78 is 0. The van der Waals surface area contributed by atoms with Crippen LogP contribution >= 0.6 is 11.3 Å². The van der Waals surface area contributed by atoms with Gasteiger partial charge in [0.05, 0.1) is 12.0 Å². The van der Waals surface area contributed by atoms with E-state index in [4.69, 9.17) is 5.11 Å². The third-order valence-electron chi connectivity index (χ3n) is 3.27. The molecular weight excluding hydrogens is 250 g/mol. The topological polar surface area (TPSA) is 66.4 Å². The van der Waals surface area contributed by atoms with Gasteiger partial charge in [0.15, 0.2) is 0 Å². The Bertz CT molecular complexity index is 467. The maximum Gasteiger partial charge on any atom is 0.305 e. The summed E-state index contributed by atoms with van der Waals surface area (Å²) >= 11 is 1.65. The summed E-state index contributed by atoms with van der Waals surface area (Å²) in [6, 6.07) is 0. The van der Waals surface area contributed by atoms with E-state index in [0.29, 0.717) is 5.92 Å². The van der Waals surface area contributed by atoms with E-state index in [-0.39, 0.29) is 18.9 Å². The van der Waals surface area contributed by atoms with Crippen molar-refractivity contribution in [2.75, 3.05) is 6.54 Å². The van der Waals surface area contributed by atoms with E-state index in [9.17, 15) is 9.59 Å². The van der Waals surface area contributed by atoms with Crippen LogP contribution in [0.2, 0.25) is 0 Å². The smallest absolute Gasteiger partial charge is 0.305 e. The van der Waals surface area contributed by atoms with Crippen LogP contribution in [0.25, 0.3) is 0 Å². The molecule has 0 saturated heterocycles. The fraction of sp³-hybridized carbons (Fsp3) is 0.538. The van der Waals surface area contributed by atoms with Crippen LogP contribution in [0.4, 0.5) is 0 Å². The molecule has 18 heavy (non-hydrogen) atoms. The number of amides is 1. The molecule has 1 unspecified atom stereocenters. The zero-order valence-corrected chi connectivity index (χ0v) is 11.2. The summed E-state index contributed by atoms with van der Waals surface area (Å²) in [5.41, 5.74) is 1.92. The van der Waals surface area contributed by atoms with Crippen LogP contribution in [0.1, 0.15) is 40.6 Å². The maximum absolute atomic E-state index is 11.9. The van der Waals surface area contributed by atoms with Crippen molar-refractivity contribution < 1.29 is 14.7 Å². The molecule has 2 N–H and O–H groups in total. The zero-order valence-electron chi connectivity index (χ0n) is 10.4. The highest BCUT2D eigenvalue weighted by molar-refractivity contribution is 7.10. The highest BCUT2D eigenvalue weighted by Gasteiger charge is 2.22. The van der Waals surface area contributed by atoms with Gasteiger partial charge in [0, 0.05) is 16.8 Å². The fourth-order valence-corrected chi connectivity index (χ4v) is 3.49. The molecule has 5 heteroatoms. The Balaban J connectivity index is 2.01. The highest BCUT2D eigenvalue weighted by Crippen LogP contribution is 2.32. The maximum atomic E-state index is 11.9. The van der Waals surface area contributed by atoms with Gasteiger partial charge in [-0.05, 0) is 30.7 Å². The number of fused-ring (bicyclic) bond motifs is 1. The molecule has 98 valence electrons. The molecule has 1 aliphatic rings. The number of carboxylic acid groups (broad SMARTS) is 1. The first-order valence-corrected chi connectivity index (χ1v) is 7.05. The third kappa shape index (κ3) is 2.90. The lowest BCUT2D eigenvalue weighted by atomic mass is 9.88. The van der Waals surface area contributed by atoms with Gasteiger partial charge in [-0.25, -0.2) is 0 Å². The van der Waals surface area contributed by atoms with Gasteiger partial charge in [-0.15, -0.1) is 11.3 Å². The number of carbonyl (C=O) groups is 2. The molecule has 0 bridgehead atoms. The molecule has 0 fully saturated rings. The summed E-state index contributed by atoms with van der Waals surface area (Å²) in [7, 11) is 0. The van der Waals surface area contributed by atoms with Gasteiger partial charge in [-0.3, -0.25) is 9.59 Å². The minimum absolute atomic E-state index is 0.0326. The first kappa shape index (κ1) is 13.1. The van der Waals surface area contributed by atoms with E-state index in [1.165, 1.54) is 10.4 Å². The molecular formula is C13H17NO3S. The summed E-state index contributed by atoms with van der Waals surface area (Å²) in [5, 5.41) is 13.1. The number of carbonyl (C=O) groups excluding carboxylic acids is 1. The van der Waals surface area contributed by atoms with E-state index >= 15 is 0 Å². The minimum Gasteiger partial charge on any atom is -0.481 e. The van der Waals surface area contributed by atoms with Gasteiger partial charge < -0.3 is 10.4 Å². The molecule has 1 atom stereocenters. The SMILES string of the molecule is CC1CCc2c(C(=O)NCCC(=O)O)csc2C1. The molecule has 0 radical (unpaired) electrons. The number of thiophene rings is 1. The lowest BCUT2D eigenvalue weighted by molar-refractivity contribution is -0.136. The van der Waals surface area contributed by atoms with E-state index in [2.05, 4.69) is 12.2 Å². The van der Waals surface area contributed by atoms with Gasteiger partial charge in [0.25, 0.3) is 5.91 Å². The molecule has 1 aromatic heterocycles. The van der Waals surface area contributed by atoms with Gasteiger partial charge in [-0.1, -0.05) is 6.92 Å². The number of carboxylic acids is 1. The summed E-state index contributed by atoms with van der Waals surface area (Å²) in [6.45, 7) is 2.42. The molecule has 0 aromatic carbocycles. The Morgan fingerprint density at radius 1 is 1.56 bits per heavy atom. The number of hydrogen-bond acceptors (Lipinski definition) is 3. The average Bonchev–Trinajstić information content (AvgIpc) is 2.71. The van der Waals surface area contributed by atoms with E-state index < -0.39 is 5.97 Å². The van der Waals surface area contributed by atoms with Crippen molar-refractivity contribution in [3.05, 3.63) is 21.4 Å². The van der Waals surface area contributed by atoms with Crippen LogP contribution in [0.15, 0.2) is 5.38 Å². The number of hydrogen-bond donors (Lipinski definition) is 2. The number of nitrogens with one attached hydrogen (secondary N) is 1. The third-order valence-corrected chi connectivity index (χ3v) is 4.32. The monoisotopic (exact) mass is 267 g/mol. The van der Waals surface area contributed by atoms with Crippen LogP contribution in [-0.2, 0) is 17.6 Å². The second kappa shape index (κ2) is 5.52. The van der Waals surface area contributed by atoms with Gasteiger partial charge in [-0.2, -0.15) is 0 Å². The number of rotatable bonds is 4. The van der Waals surface area contributed by atoms with Gasteiger partial charge >= 0.3 is 5.97 Å². The lowest BCUT2D eigenvalue weighted by Gasteiger charge is -2.18. The standard InChI is InChI=1S/C13H17NO3S/c1-8-2-3-9-10(7-18-11(9)6-8)13(17)14-5-4-12(15)16/h7-8H,2-6H2,1H3,(H,14,17)(H,15,16). The van der Waals surface area contributed by atoms with Crippen LogP contribution in [0.5, 0.6) is 0 Å². The Kier molecular flexibility index (Phi) is 4.01. The Morgan fingerprint density at radius 2 is 2.33 bits per heavy atom. The normalized spacial score (nSPS) is 18.2. The fourth-order valence-electron chi connectivity index (χ4n) is 2.25. The van der Waals surface area contributed by atoms with Gasteiger partial charge in [0.1, 0.15) is 0 Å². The minimum atomic E-state index is -0.892. The van der Waals surface area contributed by atoms with Gasteiger partial charge in [0.2, 0.25) is 0 Å². The highest BCUT2D eigenvalue weighted by atomic mass is 32.1. The quantitative estimate of drug-likeness (QED) is 0.877. The lowest BCUT2D eigenvalue weighted by Crippen LogP contribution is -2.27. The van der Waals surface area contributed by atoms with Crippen LogP contribution in [-0.4, -0.2) is 23.5 Å². The molecule has 0 saturated carbocycles. The zero-order chi connectivity index (χ0) is 13.1. The molecule has 0 spiro atoms. The predicted octanol–water partition coefficient (Wildman–Crippen LogP) is 2.08. The number of aliphatic carboxylic acids is 1. The molecule has 4 nitrogen and oxygen atoms in total. The summed E-state index contributed by atoms with van der Waals surface area (Å²) in [5.74, 6) is -0.334. The molecule has 1 aromatic rings. The average molecular weight is 267 g/mol. The molecule has 2 rings (SSSR count). The summed E-state index contributed by atoms with van der Waals surface area (Å²) in [6.07, 6.45) is 3.11. The molecule has 1 aliphatic carbocycles. The van der Waals surface area contributed by atoms with Crippen LogP contribution < -0.4 is 5.32 Å². The van der Waals surface area contributed by atoms with E-state index in [1.54, 1.807) is 11.3 Å². The Labute approximate surface area is 110 Å². The molecule has 1 amide bonds. The van der Waals surface area contributed by atoms with Crippen molar-refractivity contribution >= 4 is 23.2 Å². The largest absolute Gasteiger partial charge is 0.481 e.